The van der Waals surface area contributed by atoms with E-state index in [1.54, 1.807) is 0 Å². The van der Waals surface area contributed by atoms with Crippen LogP contribution in [0.2, 0.25) is 10.0 Å². The van der Waals surface area contributed by atoms with Crippen LogP contribution in [0, 0.1) is 0 Å². The van der Waals surface area contributed by atoms with Gasteiger partial charge < -0.3 is 0 Å². The number of hydrogen-bond acceptors (Lipinski definition) is 5. The van der Waals surface area contributed by atoms with Crippen molar-refractivity contribution in [1.82, 2.24) is 0 Å². The summed E-state index contributed by atoms with van der Waals surface area (Å²) in [6.45, 7) is 0. The molecule has 0 aromatic heterocycles. The Bertz CT molecular complexity index is 803. The first-order chi connectivity index (χ1) is 9.74. The number of rotatable bonds is 4. The molecule has 2 aromatic rings. The Kier molecular flexibility index (Phi) is 4.60. The van der Waals surface area contributed by atoms with Crippen LogP contribution in [0.4, 0.5) is 0 Å². The monoisotopic (exact) mass is 366 g/mol. The van der Waals surface area contributed by atoms with Gasteiger partial charge in [0, 0.05) is 0 Å². The van der Waals surface area contributed by atoms with Crippen LogP contribution in [0.3, 0.4) is 0 Å². The second-order valence-corrected chi connectivity index (χ2v) is 7.89. The van der Waals surface area contributed by atoms with Crippen LogP contribution in [0.15, 0.2) is 58.3 Å². The van der Waals surface area contributed by atoms with Crippen LogP contribution in [0.1, 0.15) is 0 Å². The molecule has 0 atom stereocenters. The van der Waals surface area contributed by atoms with Crippen molar-refractivity contribution in [2.45, 2.75) is 9.79 Å². The Labute approximate surface area is 132 Å². The lowest BCUT2D eigenvalue weighted by molar-refractivity contribution is 0.462. The van der Waals surface area contributed by atoms with Crippen molar-refractivity contribution in [1.29, 1.82) is 0 Å². The maximum absolute atomic E-state index is 12.0. The van der Waals surface area contributed by atoms with E-state index in [0.717, 1.165) is 12.1 Å². The summed E-state index contributed by atoms with van der Waals surface area (Å²) < 4.78 is 52.4. The maximum Gasteiger partial charge on any atom is 0.313 e. The summed E-state index contributed by atoms with van der Waals surface area (Å²) >= 11 is 11.5. The molecular formula is C12H8Cl2O5S2. The van der Waals surface area contributed by atoms with Crippen LogP contribution in [-0.2, 0) is 23.9 Å². The highest BCUT2D eigenvalue weighted by Crippen LogP contribution is 2.28. The molecule has 2 rings (SSSR count). The Morgan fingerprint density at radius 1 is 0.667 bits per heavy atom. The molecule has 0 amide bonds. The molecule has 2 aromatic carbocycles. The highest BCUT2D eigenvalue weighted by Gasteiger charge is 2.29. The molecule has 9 heteroatoms. The molecule has 0 fully saturated rings. The van der Waals surface area contributed by atoms with Crippen LogP contribution in [0.5, 0.6) is 0 Å². The summed E-state index contributed by atoms with van der Waals surface area (Å²) in [7, 11) is -9.18. The fourth-order valence-electron chi connectivity index (χ4n) is 1.49. The third-order valence-electron chi connectivity index (χ3n) is 2.39. The topological polar surface area (TPSA) is 77.5 Å². The molecule has 0 spiro atoms. The first-order valence-corrected chi connectivity index (χ1v) is 9.01. The second kappa shape index (κ2) is 5.94. The molecule has 5 nitrogen and oxygen atoms in total. The zero-order chi connectivity index (χ0) is 15.7. The molecule has 0 N–H and O–H groups in total. The van der Waals surface area contributed by atoms with Gasteiger partial charge in [0.05, 0.1) is 10.0 Å². The quantitative estimate of drug-likeness (QED) is 0.830. The van der Waals surface area contributed by atoms with Crippen LogP contribution < -0.4 is 0 Å². The fraction of sp³-hybridized carbons (Fsp3) is 0. The lowest BCUT2D eigenvalue weighted by Gasteiger charge is -2.08. The van der Waals surface area contributed by atoms with Crippen molar-refractivity contribution in [3.05, 3.63) is 58.6 Å². The minimum absolute atomic E-state index is 0.146. The predicted octanol–water partition coefficient (Wildman–Crippen LogP) is 3.09. The van der Waals surface area contributed by atoms with Gasteiger partial charge in [0.2, 0.25) is 0 Å². The Morgan fingerprint density at radius 2 is 1.00 bits per heavy atom. The molecule has 0 saturated carbocycles. The van der Waals surface area contributed by atoms with E-state index >= 15 is 0 Å². The normalized spacial score (nSPS) is 12.3. The van der Waals surface area contributed by atoms with E-state index in [-0.39, 0.29) is 10.0 Å². The van der Waals surface area contributed by atoms with Gasteiger partial charge in [-0.3, -0.25) is 0 Å². The molecule has 0 saturated heterocycles. The van der Waals surface area contributed by atoms with Crippen molar-refractivity contribution < 1.29 is 20.5 Å². The van der Waals surface area contributed by atoms with E-state index in [2.05, 4.69) is 3.63 Å². The Morgan fingerprint density at radius 3 is 1.33 bits per heavy atom. The van der Waals surface area contributed by atoms with E-state index in [1.807, 2.05) is 0 Å². The standard InChI is InChI=1S/C12H8Cl2O5S2/c13-9-5-1-3-7-11(9)20(15,16)19-21(17,18)12-8-4-2-6-10(12)14/h1-8H. The smallest absolute Gasteiger partial charge is 0.193 e. The van der Waals surface area contributed by atoms with Gasteiger partial charge in [-0.05, 0) is 24.3 Å². The molecule has 0 unspecified atom stereocenters. The van der Waals surface area contributed by atoms with Gasteiger partial charge in [0.1, 0.15) is 9.79 Å². The van der Waals surface area contributed by atoms with Gasteiger partial charge in [-0.25, -0.2) is 0 Å². The van der Waals surface area contributed by atoms with Crippen molar-refractivity contribution >= 4 is 43.4 Å². The number of benzene rings is 2. The van der Waals surface area contributed by atoms with Crippen molar-refractivity contribution in [2.75, 3.05) is 0 Å². The number of hydrogen-bond donors (Lipinski definition) is 0. The summed E-state index contributed by atoms with van der Waals surface area (Å²) in [5.74, 6) is 0. The van der Waals surface area contributed by atoms with Gasteiger partial charge in [0.15, 0.2) is 0 Å². The first kappa shape index (κ1) is 16.3. The van der Waals surface area contributed by atoms with Crippen molar-refractivity contribution in [3.8, 4) is 0 Å². The highest BCUT2D eigenvalue weighted by molar-refractivity contribution is 8.00. The minimum atomic E-state index is -4.59. The summed E-state index contributed by atoms with van der Waals surface area (Å²) in [4.78, 5) is -0.885. The molecule has 112 valence electrons. The van der Waals surface area contributed by atoms with E-state index in [4.69, 9.17) is 23.2 Å². The average Bonchev–Trinajstić information content (AvgIpc) is 2.38. The van der Waals surface area contributed by atoms with E-state index in [0.29, 0.717) is 0 Å². The Hall–Kier alpha value is -1.12. The SMILES string of the molecule is O=S(=O)(OS(=O)(=O)c1ccccc1Cl)c1ccccc1Cl. The van der Waals surface area contributed by atoms with E-state index in [9.17, 15) is 16.8 Å². The van der Waals surface area contributed by atoms with Crippen molar-refractivity contribution in [3.63, 3.8) is 0 Å². The molecule has 0 radical (unpaired) electrons. The van der Waals surface area contributed by atoms with Gasteiger partial charge in [-0.15, -0.1) is 3.63 Å². The lowest BCUT2D eigenvalue weighted by atomic mass is 10.4. The molecule has 0 heterocycles. The van der Waals surface area contributed by atoms with E-state index < -0.39 is 30.0 Å². The molecule has 21 heavy (non-hydrogen) atoms. The molecule has 0 aliphatic heterocycles. The van der Waals surface area contributed by atoms with Gasteiger partial charge in [0.25, 0.3) is 0 Å². The molecular weight excluding hydrogens is 359 g/mol. The van der Waals surface area contributed by atoms with Gasteiger partial charge >= 0.3 is 20.2 Å². The third-order valence-corrected chi connectivity index (χ3v) is 6.50. The first-order valence-electron chi connectivity index (χ1n) is 5.44. The molecule has 0 bridgehead atoms. The predicted molar refractivity (Wildman–Crippen MR) is 78.4 cm³/mol. The Balaban J connectivity index is 2.46. The van der Waals surface area contributed by atoms with Crippen LogP contribution in [-0.4, -0.2) is 16.8 Å². The molecule has 0 aliphatic rings. The summed E-state index contributed by atoms with van der Waals surface area (Å²) in [6, 6.07) is 10.7. The number of halogens is 2. The van der Waals surface area contributed by atoms with Crippen molar-refractivity contribution in [2.24, 2.45) is 0 Å². The van der Waals surface area contributed by atoms with Crippen LogP contribution >= 0.6 is 23.2 Å². The third kappa shape index (κ3) is 3.56. The zero-order valence-corrected chi connectivity index (χ0v) is 13.4. The second-order valence-electron chi connectivity index (χ2n) is 3.84. The molecule has 0 aliphatic carbocycles. The minimum Gasteiger partial charge on any atom is -0.193 e. The van der Waals surface area contributed by atoms with Crippen LogP contribution in [0.25, 0.3) is 0 Å². The van der Waals surface area contributed by atoms with E-state index in [1.165, 1.54) is 36.4 Å². The fourth-order valence-corrected chi connectivity index (χ4v) is 4.96. The van der Waals surface area contributed by atoms with Gasteiger partial charge in [-0.1, -0.05) is 47.5 Å². The average molecular weight is 367 g/mol. The lowest BCUT2D eigenvalue weighted by Crippen LogP contribution is -2.15. The highest BCUT2D eigenvalue weighted by atomic mass is 35.5. The largest absolute Gasteiger partial charge is 0.313 e. The summed E-state index contributed by atoms with van der Waals surface area (Å²) in [6.07, 6.45) is 0. The summed E-state index contributed by atoms with van der Waals surface area (Å²) in [5.41, 5.74) is 0. The van der Waals surface area contributed by atoms with Gasteiger partial charge in [-0.2, -0.15) is 16.8 Å². The zero-order valence-electron chi connectivity index (χ0n) is 10.2. The maximum atomic E-state index is 12.0. The summed E-state index contributed by atoms with van der Waals surface area (Å²) in [5, 5.41) is -0.293.